The first kappa shape index (κ1) is 10.9. The second-order valence-corrected chi connectivity index (χ2v) is 5.08. The molecule has 17 heavy (non-hydrogen) atoms. The molecule has 0 radical (unpaired) electrons. The van der Waals surface area contributed by atoms with Crippen molar-refractivity contribution < 1.29 is 0 Å². The fourth-order valence-electron chi connectivity index (χ4n) is 2.38. The van der Waals surface area contributed by atoms with E-state index >= 15 is 0 Å². The van der Waals surface area contributed by atoms with Crippen LogP contribution < -0.4 is 0 Å². The largest absolute Gasteiger partial charge is 0.293 e. The first-order chi connectivity index (χ1) is 8.42. The molecule has 0 aromatic carbocycles. The number of nitrogens with zero attached hydrogens (tertiary/aromatic N) is 5. The summed E-state index contributed by atoms with van der Waals surface area (Å²) >= 11 is 1.66. The maximum absolute atomic E-state index is 4.35. The minimum atomic E-state index is 0.568. The maximum Gasteiger partial charge on any atom is 0.137 e. The number of aromatic nitrogens is 4. The standard InChI is InChI=1S/C11H15N5S/c1-2-11(5-16-8-12-7-14-16)15(3-1)4-10-6-17-9-13-10/h6-9,11H,1-5H2/t11-/m1/s1. The van der Waals surface area contributed by atoms with Gasteiger partial charge in [0.2, 0.25) is 0 Å². The highest BCUT2D eigenvalue weighted by Crippen LogP contribution is 2.21. The van der Waals surface area contributed by atoms with Gasteiger partial charge >= 0.3 is 0 Å². The van der Waals surface area contributed by atoms with Gasteiger partial charge in [0.05, 0.1) is 17.7 Å². The molecule has 3 heterocycles. The second-order valence-electron chi connectivity index (χ2n) is 4.36. The lowest BCUT2D eigenvalue weighted by molar-refractivity contribution is 0.217. The maximum atomic E-state index is 4.35. The van der Waals surface area contributed by atoms with E-state index < -0.39 is 0 Å². The summed E-state index contributed by atoms with van der Waals surface area (Å²) in [7, 11) is 0. The van der Waals surface area contributed by atoms with Crippen LogP contribution in [-0.2, 0) is 13.1 Å². The van der Waals surface area contributed by atoms with E-state index in [-0.39, 0.29) is 0 Å². The zero-order valence-corrected chi connectivity index (χ0v) is 10.4. The molecule has 0 N–H and O–H groups in total. The molecule has 1 atom stereocenters. The van der Waals surface area contributed by atoms with Crippen molar-refractivity contribution >= 4 is 11.3 Å². The van der Waals surface area contributed by atoms with Crippen molar-refractivity contribution in [1.29, 1.82) is 0 Å². The normalized spacial score (nSPS) is 21.1. The van der Waals surface area contributed by atoms with E-state index in [1.54, 1.807) is 24.0 Å². The van der Waals surface area contributed by atoms with Gasteiger partial charge in [-0.15, -0.1) is 11.3 Å². The van der Waals surface area contributed by atoms with Crippen molar-refractivity contribution in [2.75, 3.05) is 6.54 Å². The zero-order valence-electron chi connectivity index (χ0n) is 9.57. The van der Waals surface area contributed by atoms with Crippen LogP contribution in [0.25, 0.3) is 0 Å². The molecular formula is C11H15N5S. The van der Waals surface area contributed by atoms with Gasteiger partial charge in [0.25, 0.3) is 0 Å². The van der Waals surface area contributed by atoms with Crippen LogP contribution in [0.5, 0.6) is 0 Å². The summed E-state index contributed by atoms with van der Waals surface area (Å²) in [5.74, 6) is 0. The zero-order chi connectivity index (χ0) is 11.5. The van der Waals surface area contributed by atoms with Crippen molar-refractivity contribution in [3.63, 3.8) is 0 Å². The van der Waals surface area contributed by atoms with Crippen LogP contribution in [0.4, 0.5) is 0 Å². The molecule has 0 saturated carbocycles. The number of hydrogen-bond acceptors (Lipinski definition) is 5. The monoisotopic (exact) mass is 249 g/mol. The third-order valence-electron chi connectivity index (χ3n) is 3.21. The van der Waals surface area contributed by atoms with E-state index in [9.17, 15) is 0 Å². The quantitative estimate of drug-likeness (QED) is 0.821. The number of rotatable bonds is 4. The smallest absolute Gasteiger partial charge is 0.137 e. The summed E-state index contributed by atoms with van der Waals surface area (Å²) in [5.41, 5.74) is 3.08. The Morgan fingerprint density at radius 2 is 2.47 bits per heavy atom. The number of thiazole rings is 1. The van der Waals surface area contributed by atoms with E-state index in [0.717, 1.165) is 19.6 Å². The molecule has 90 valence electrons. The van der Waals surface area contributed by atoms with Gasteiger partial charge < -0.3 is 0 Å². The van der Waals surface area contributed by atoms with Gasteiger partial charge in [0.15, 0.2) is 0 Å². The van der Waals surface area contributed by atoms with Gasteiger partial charge in [-0.3, -0.25) is 9.58 Å². The summed E-state index contributed by atoms with van der Waals surface area (Å²) in [6.45, 7) is 3.06. The minimum absolute atomic E-state index is 0.568. The first-order valence-corrected chi connectivity index (χ1v) is 6.79. The lowest BCUT2D eigenvalue weighted by Crippen LogP contribution is -2.32. The molecule has 5 nitrogen and oxygen atoms in total. The van der Waals surface area contributed by atoms with Crippen LogP contribution in [-0.4, -0.2) is 37.2 Å². The molecule has 0 spiro atoms. The van der Waals surface area contributed by atoms with Gasteiger partial charge in [-0.1, -0.05) is 0 Å². The Kier molecular flexibility index (Phi) is 3.15. The van der Waals surface area contributed by atoms with Crippen molar-refractivity contribution in [2.24, 2.45) is 0 Å². The highest BCUT2D eigenvalue weighted by Gasteiger charge is 2.25. The molecule has 1 saturated heterocycles. The fraction of sp³-hybridized carbons (Fsp3) is 0.545. The van der Waals surface area contributed by atoms with E-state index in [1.165, 1.54) is 18.5 Å². The van der Waals surface area contributed by atoms with Crippen molar-refractivity contribution in [2.45, 2.75) is 32.0 Å². The summed E-state index contributed by atoms with van der Waals surface area (Å²) in [6.07, 6.45) is 5.90. The van der Waals surface area contributed by atoms with E-state index in [0.29, 0.717) is 6.04 Å². The molecule has 6 heteroatoms. The topological polar surface area (TPSA) is 46.8 Å². The summed E-state index contributed by atoms with van der Waals surface area (Å²) in [4.78, 5) is 10.8. The average Bonchev–Trinajstić information content (AvgIpc) is 3.04. The van der Waals surface area contributed by atoms with Crippen LogP contribution in [0, 0.1) is 0 Å². The van der Waals surface area contributed by atoms with Gasteiger partial charge in [0, 0.05) is 18.0 Å². The Labute approximate surface area is 104 Å². The molecule has 0 aliphatic carbocycles. The molecule has 2 aromatic rings. The molecule has 2 aromatic heterocycles. The summed E-state index contributed by atoms with van der Waals surface area (Å²) in [5, 5.41) is 6.31. The van der Waals surface area contributed by atoms with E-state index in [1.807, 2.05) is 10.2 Å². The Morgan fingerprint density at radius 1 is 1.47 bits per heavy atom. The van der Waals surface area contributed by atoms with Crippen molar-refractivity contribution in [3.8, 4) is 0 Å². The fourth-order valence-corrected chi connectivity index (χ4v) is 2.93. The molecule has 1 aliphatic rings. The summed E-state index contributed by atoms with van der Waals surface area (Å²) < 4.78 is 1.92. The highest BCUT2D eigenvalue weighted by atomic mass is 32.1. The molecule has 1 fully saturated rings. The average molecular weight is 249 g/mol. The van der Waals surface area contributed by atoms with Crippen molar-refractivity contribution in [3.05, 3.63) is 29.2 Å². The minimum Gasteiger partial charge on any atom is -0.293 e. The van der Waals surface area contributed by atoms with Gasteiger partial charge in [-0.25, -0.2) is 9.97 Å². The highest BCUT2D eigenvalue weighted by molar-refractivity contribution is 7.07. The second kappa shape index (κ2) is 4.93. The lowest BCUT2D eigenvalue weighted by Gasteiger charge is -2.23. The molecule has 1 aliphatic heterocycles. The molecule has 0 amide bonds. The van der Waals surface area contributed by atoms with Gasteiger partial charge in [-0.05, 0) is 19.4 Å². The third kappa shape index (κ3) is 2.53. The molecule has 0 unspecified atom stereocenters. The summed E-state index contributed by atoms with van der Waals surface area (Å²) in [6, 6.07) is 0.568. The Morgan fingerprint density at radius 3 is 3.24 bits per heavy atom. The molecular weight excluding hydrogens is 234 g/mol. The van der Waals surface area contributed by atoms with Crippen molar-refractivity contribution in [1.82, 2.24) is 24.6 Å². The van der Waals surface area contributed by atoms with Crippen LogP contribution in [0.2, 0.25) is 0 Å². The van der Waals surface area contributed by atoms with Crippen LogP contribution in [0.3, 0.4) is 0 Å². The predicted octanol–water partition coefficient (Wildman–Crippen LogP) is 1.40. The number of hydrogen-bond donors (Lipinski definition) is 0. The SMILES string of the molecule is c1ncn(C[C@H]2CCCN2Cc2cscn2)n1. The first-order valence-electron chi connectivity index (χ1n) is 5.85. The molecule has 3 rings (SSSR count). The number of likely N-dealkylation sites (tertiary alicyclic amines) is 1. The predicted molar refractivity (Wildman–Crippen MR) is 65.6 cm³/mol. The van der Waals surface area contributed by atoms with Crippen LogP contribution >= 0.6 is 11.3 Å². The van der Waals surface area contributed by atoms with Crippen LogP contribution in [0.15, 0.2) is 23.5 Å². The van der Waals surface area contributed by atoms with E-state index in [4.69, 9.17) is 0 Å². The van der Waals surface area contributed by atoms with Crippen LogP contribution in [0.1, 0.15) is 18.5 Å². The van der Waals surface area contributed by atoms with Gasteiger partial charge in [-0.2, -0.15) is 5.10 Å². The third-order valence-corrected chi connectivity index (χ3v) is 3.85. The molecule has 0 bridgehead atoms. The Hall–Kier alpha value is -1.27. The van der Waals surface area contributed by atoms with Gasteiger partial charge in [0.1, 0.15) is 12.7 Å². The Balaban J connectivity index is 1.63. The Bertz CT molecular complexity index is 396. The van der Waals surface area contributed by atoms with E-state index in [2.05, 4.69) is 25.3 Å². The lowest BCUT2D eigenvalue weighted by atomic mass is 10.2.